The number of aromatic nitrogens is 3. The molecule has 1 aromatic heterocycles. The molecule has 0 aliphatic carbocycles. The fourth-order valence-corrected chi connectivity index (χ4v) is 3.21. The van der Waals surface area contributed by atoms with Crippen molar-refractivity contribution in [3.8, 4) is 11.5 Å². The van der Waals surface area contributed by atoms with E-state index in [0.29, 0.717) is 11.4 Å². The molecule has 0 atom stereocenters. The molecule has 11 heteroatoms. The van der Waals surface area contributed by atoms with Gasteiger partial charge in [-0.05, 0) is 79.6 Å². The zero-order valence-electron chi connectivity index (χ0n) is 19.6. The number of nitrogens with zero attached hydrogens (tertiary/aromatic N) is 3. The molecular weight excluding hydrogens is 473 g/mol. The summed E-state index contributed by atoms with van der Waals surface area (Å²) >= 11 is 0. The molecule has 0 radical (unpaired) electrons. The lowest BCUT2D eigenvalue weighted by atomic mass is 10.1. The van der Waals surface area contributed by atoms with E-state index in [1.807, 2.05) is 44.2 Å². The lowest BCUT2D eigenvalue weighted by Crippen LogP contribution is -2.17. The van der Waals surface area contributed by atoms with Crippen LogP contribution in [0.15, 0.2) is 66.7 Å². The summed E-state index contributed by atoms with van der Waals surface area (Å²) in [6.45, 7) is 3.94. The van der Waals surface area contributed by atoms with Crippen molar-refractivity contribution in [2.75, 3.05) is 23.1 Å². The second-order valence-electron chi connectivity index (χ2n) is 7.80. The molecule has 0 spiro atoms. The van der Waals surface area contributed by atoms with E-state index >= 15 is 0 Å². The van der Waals surface area contributed by atoms with Gasteiger partial charge in [0, 0.05) is 17.1 Å². The van der Waals surface area contributed by atoms with Gasteiger partial charge in [0.1, 0.15) is 11.5 Å². The number of hydrogen-bond acceptors (Lipinski definition) is 8. The van der Waals surface area contributed by atoms with Gasteiger partial charge in [-0.25, -0.2) is 0 Å². The van der Waals surface area contributed by atoms with Gasteiger partial charge in [-0.1, -0.05) is 12.1 Å². The van der Waals surface area contributed by atoms with Crippen molar-refractivity contribution in [3.63, 3.8) is 0 Å². The first-order valence-corrected chi connectivity index (χ1v) is 10.8. The monoisotopic (exact) mass is 496 g/mol. The predicted molar refractivity (Wildman–Crippen MR) is 132 cm³/mol. The second-order valence-corrected chi connectivity index (χ2v) is 7.80. The van der Waals surface area contributed by atoms with Crippen LogP contribution < -0.4 is 25.4 Å². The molecule has 0 saturated heterocycles. The van der Waals surface area contributed by atoms with E-state index in [4.69, 9.17) is 4.74 Å². The van der Waals surface area contributed by atoms with E-state index < -0.39 is 6.36 Å². The van der Waals surface area contributed by atoms with Crippen LogP contribution in [-0.4, -0.2) is 28.4 Å². The molecule has 4 rings (SSSR count). The first-order valence-electron chi connectivity index (χ1n) is 10.8. The molecule has 36 heavy (non-hydrogen) atoms. The Morgan fingerprint density at radius 2 is 1.17 bits per heavy atom. The molecule has 0 amide bonds. The van der Waals surface area contributed by atoms with Gasteiger partial charge in [0.05, 0.1) is 7.11 Å². The van der Waals surface area contributed by atoms with E-state index in [9.17, 15) is 13.2 Å². The number of rotatable bonds is 8. The highest BCUT2D eigenvalue weighted by Crippen LogP contribution is 2.27. The van der Waals surface area contributed by atoms with Crippen LogP contribution in [0.1, 0.15) is 11.1 Å². The molecule has 0 aliphatic heterocycles. The summed E-state index contributed by atoms with van der Waals surface area (Å²) in [5.74, 6) is 1.08. The molecule has 8 nitrogen and oxygen atoms in total. The summed E-state index contributed by atoms with van der Waals surface area (Å²) in [5.41, 5.74) is 4.08. The van der Waals surface area contributed by atoms with Gasteiger partial charge in [-0.3, -0.25) is 0 Å². The van der Waals surface area contributed by atoms with Crippen LogP contribution in [0.4, 0.5) is 48.1 Å². The molecule has 4 aromatic rings. The SMILES string of the molecule is COc1ccc(Nc2nc(Nc3ccc(OC(F)(F)F)cc3)nc(Nc3cc(C)ccc3C)n2)cc1. The minimum Gasteiger partial charge on any atom is -0.497 e. The zero-order valence-corrected chi connectivity index (χ0v) is 19.6. The fourth-order valence-electron chi connectivity index (χ4n) is 3.21. The predicted octanol–water partition coefficient (Wildman–Crippen LogP) is 6.63. The van der Waals surface area contributed by atoms with E-state index in [-0.39, 0.29) is 23.6 Å². The number of aryl methyl sites for hydroxylation is 2. The van der Waals surface area contributed by atoms with Crippen LogP contribution >= 0.6 is 0 Å². The number of methoxy groups -OCH3 is 1. The zero-order chi connectivity index (χ0) is 25.7. The summed E-state index contributed by atoms with van der Waals surface area (Å²) in [4.78, 5) is 13.3. The number of ether oxygens (including phenoxy) is 2. The van der Waals surface area contributed by atoms with E-state index in [1.165, 1.54) is 24.3 Å². The van der Waals surface area contributed by atoms with Crippen molar-refractivity contribution in [3.05, 3.63) is 77.9 Å². The van der Waals surface area contributed by atoms with Crippen molar-refractivity contribution in [2.45, 2.75) is 20.2 Å². The number of hydrogen-bond donors (Lipinski definition) is 3. The first kappa shape index (κ1) is 24.6. The molecular formula is C25H23F3N6O2. The van der Waals surface area contributed by atoms with Crippen LogP contribution in [0.5, 0.6) is 11.5 Å². The van der Waals surface area contributed by atoms with Crippen molar-refractivity contribution < 1.29 is 22.6 Å². The van der Waals surface area contributed by atoms with Gasteiger partial charge in [0.15, 0.2) is 0 Å². The Balaban J connectivity index is 1.62. The minimum absolute atomic E-state index is 0.179. The molecule has 0 unspecified atom stereocenters. The number of nitrogens with one attached hydrogen (secondary N) is 3. The third-order valence-electron chi connectivity index (χ3n) is 4.97. The third-order valence-corrected chi connectivity index (χ3v) is 4.97. The van der Waals surface area contributed by atoms with E-state index in [2.05, 4.69) is 35.6 Å². The minimum atomic E-state index is -4.76. The third kappa shape index (κ3) is 6.75. The highest BCUT2D eigenvalue weighted by Gasteiger charge is 2.30. The van der Waals surface area contributed by atoms with Gasteiger partial charge in [0.25, 0.3) is 0 Å². The molecule has 186 valence electrons. The van der Waals surface area contributed by atoms with Gasteiger partial charge in [-0.15, -0.1) is 13.2 Å². The molecule has 0 aliphatic rings. The standard InChI is InChI=1S/C25H23F3N6O2/c1-15-4-5-16(2)21(14-15)31-24-33-22(29-17-6-10-19(35-3)11-7-17)32-23(34-24)30-18-8-12-20(13-9-18)36-25(26,27)28/h4-14H,1-3H3,(H3,29,30,31,32,33,34). The van der Waals surface area contributed by atoms with E-state index in [1.54, 1.807) is 19.2 Å². The molecule has 0 fully saturated rings. The number of halogens is 3. The summed E-state index contributed by atoms with van der Waals surface area (Å²) < 4.78 is 46.4. The summed E-state index contributed by atoms with van der Waals surface area (Å²) in [6, 6.07) is 18.4. The van der Waals surface area contributed by atoms with Gasteiger partial charge >= 0.3 is 6.36 Å². The van der Waals surface area contributed by atoms with Crippen LogP contribution in [0.25, 0.3) is 0 Å². The normalized spacial score (nSPS) is 11.1. The largest absolute Gasteiger partial charge is 0.573 e. The van der Waals surface area contributed by atoms with Crippen molar-refractivity contribution >= 4 is 34.9 Å². The van der Waals surface area contributed by atoms with Gasteiger partial charge in [0.2, 0.25) is 17.8 Å². The lowest BCUT2D eigenvalue weighted by molar-refractivity contribution is -0.274. The first-order chi connectivity index (χ1) is 17.2. The number of anilines is 6. The Kier molecular flexibility index (Phi) is 7.09. The maximum absolute atomic E-state index is 12.4. The maximum atomic E-state index is 12.4. The number of benzene rings is 3. The van der Waals surface area contributed by atoms with E-state index in [0.717, 1.165) is 22.5 Å². The second kappa shape index (κ2) is 10.4. The van der Waals surface area contributed by atoms with Crippen LogP contribution in [0.2, 0.25) is 0 Å². The Labute approximate surface area is 205 Å². The van der Waals surface area contributed by atoms with Crippen LogP contribution in [0.3, 0.4) is 0 Å². The lowest BCUT2D eigenvalue weighted by Gasteiger charge is -2.13. The topological polar surface area (TPSA) is 93.2 Å². The smallest absolute Gasteiger partial charge is 0.497 e. The summed E-state index contributed by atoms with van der Waals surface area (Å²) in [5, 5.41) is 9.33. The summed E-state index contributed by atoms with van der Waals surface area (Å²) in [6.07, 6.45) is -4.76. The molecule has 0 saturated carbocycles. The van der Waals surface area contributed by atoms with Crippen molar-refractivity contribution in [1.82, 2.24) is 15.0 Å². The Hall–Kier alpha value is -4.54. The highest BCUT2D eigenvalue weighted by molar-refractivity contribution is 5.64. The average molecular weight is 496 g/mol. The summed E-state index contributed by atoms with van der Waals surface area (Å²) in [7, 11) is 1.58. The number of alkyl halides is 3. The van der Waals surface area contributed by atoms with Crippen LogP contribution in [-0.2, 0) is 0 Å². The maximum Gasteiger partial charge on any atom is 0.573 e. The highest BCUT2D eigenvalue weighted by atomic mass is 19.4. The molecule has 3 N–H and O–H groups in total. The van der Waals surface area contributed by atoms with Crippen molar-refractivity contribution in [2.24, 2.45) is 0 Å². The fraction of sp³-hybridized carbons (Fsp3) is 0.160. The molecule has 3 aromatic carbocycles. The Morgan fingerprint density at radius 3 is 1.67 bits per heavy atom. The Morgan fingerprint density at radius 1 is 0.667 bits per heavy atom. The average Bonchev–Trinajstić information content (AvgIpc) is 2.82. The van der Waals surface area contributed by atoms with Crippen molar-refractivity contribution in [1.29, 1.82) is 0 Å². The van der Waals surface area contributed by atoms with Crippen LogP contribution in [0, 0.1) is 13.8 Å². The Bertz CT molecular complexity index is 1330. The van der Waals surface area contributed by atoms with Gasteiger partial charge in [-0.2, -0.15) is 15.0 Å². The van der Waals surface area contributed by atoms with Gasteiger partial charge < -0.3 is 25.4 Å². The quantitative estimate of drug-likeness (QED) is 0.250. The molecule has 0 bridgehead atoms. The molecule has 1 heterocycles.